The van der Waals surface area contributed by atoms with Gasteiger partial charge in [0, 0.05) is 11.8 Å². The van der Waals surface area contributed by atoms with Gasteiger partial charge in [0.25, 0.3) is 6.43 Å². The van der Waals surface area contributed by atoms with Gasteiger partial charge in [-0.25, -0.2) is 13.8 Å². The van der Waals surface area contributed by atoms with E-state index in [1.54, 1.807) is 6.07 Å². The summed E-state index contributed by atoms with van der Waals surface area (Å²) in [4.78, 5) is 3.75. The van der Waals surface area contributed by atoms with Crippen LogP contribution in [0.4, 0.5) is 8.78 Å². The van der Waals surface area contributed by atoms with E-state index in [9.17, 15) is 8.78 Å². The molecule has 0 unspecified atom stereocenters. The Balaban J connectivity index is 3.46. The third-order valence-corrected chi connectivity index (χ3v) is 2.20. The Labute approximate surface area is 82.3 Å². The molecule has 0 saturated carbocycles. The van der Waals surface area contributed by atoms with Crippen molar-refractivity contribution in [3.63, 3.8) is 0 Å². The fraction of sp³-hybridized carbons (Fsp3) is 0.250. The zero-order valence-corrected chi connectivity index (χ0v) is 8.27. The highest BCUT2D eigenvalue weighted by Crippen LogP contribution is 2.29. The molecule has 0 N–H and O–H groups in total. The number of nitriles is 1. The van der Waals surface area contributed by atoms with Gasteiger partial charge in [0.2, 0.25) is 0 Å². The molecule has 1 aromatic heterocycles. The molecule has 0 aliphatic rings. The highest BCUT2D eigenvalue weighted by atomic mass is 79.9. The van der Waals surface area contributed by atoms with E-state index in [1.807, 2.05) is 0 Å². The molecule has 0 radical (unpaired) electrons. The molecule has 0 aromatic carbocycles. The van der Waals surface area contributed by atoms with Gasteiger partial charge in [0.05, 0.1) is 5.56 Å². The minimum Gasteiger partial charge on any atom is -0.248 e. The van der Waals surface area contributed by atoms with Crippen LogP contribution >= 0.6 is 15.9 Å². The number of nitrogens with zero attached hydrogens (tertiary/aromatic N) is 2. The second-order valence-electron chi connectivity index (χ2n) is 2.43. The number of aromatic nitrogens is 1. The van der Waals surface area contributed by atoms with Gasteiger partial charge in [-0.1, -0.05) is 0 Å². The van der Waals surface area contributed by atoms with Crippen molar-refractivity contribution >= 4 is 15.9 Å². The van der Waals surface area contributed by atoms with Crippen molar-refractivity contribution < 1.29 is 8.78 Å². The number of halogens is 3. The van der Waals surface area contributed by atoms with Gasteiger partial charge in [0.15, 0.2) is 0 Å². The molecular weight excluding hydrogens is 242 g/mol. The minimum absolute atomic E-state index is 0.0880. The quantitative estimate of drug-likeness (QED) is 0.715. The zero-order valence-electron chi connectivity index (χ0n) is 6.68. The summed E-state index contributed by atoms with van der Waals surface area (Å²) in [6.45, 7) is 1.50. The third-order valence-electron chi connectivity index (χ3n) is 1.60. The largest absolute Gasteiger partial charge is 0.265 e. The van der Waals surface area contributed by atoms with Gasteiger partial charge in [-0.3, -0.25) is 0 Å². The van der Waals surface area contributed by atoms with Gasteiger partial charge >= 0.3 is 0 Å². The molecule has 2 nitrogen and oxygen atoms in total. The lowest BCUT2D eigenvalue weighted by Crippen LogP contribution is -1.97. The molecule has 1 rings (SSSR count). The molecule has 13 heavy (non-hydrogen) atoms. The smallest absolute Gasteiger partial charge is 0.248 e. The van der Waals surface area contributed by atoms with Gasteiger partial charge in [-0.15, -0.1) is 0 Å². The molecule has 0 amide bonds. The first-order valence-corrected chi connectivity index (χ1v) is 4.20. The summed E-state index contributed by atoms with van der Waals surface area (Å²) in [5.74, 6) is 0. The fourth-order valence-electron chi connectivity index (χ4n) is 0.983. The highest BCUT2D eigenvalue weighted by molar-refractivity contribution is 9.10. The monoisotopic (exact) mass is 246 g/mol. The molecule has 0 aliphatic carbocycles. The number of aryl methyl sites for hydroxylation is 1. The van der Waals surface area contributed by atoms with E-state index in [0.29, 0.717) is 5.56 Å². The van der Waals surface area contributed by atoms with Crippen LogP contribution < -0.4 is 0 Å². The van der Waals surface area contributed by atoms with Crippen LogP contribution in [0.25, 0.3) is 0 Å². The van der Waals surface area contributed by atoms with E-state index in [0.717, 1.165) is 0 Å². The zero-order chi connectivity index (χ0) is 10.0. The molecule has 0 bridgehead atoms. The van der Waals surface area contributed by atoms with Crippen LogP contribution in [0.2, 0.25) is 0 Å². The fourth-order valence-corrected chi connectivity index (χ4v) is 1.39. The summed E-state index contributed by atoms with van der Waals surface area (Å²) in [5, 5.41) is 8.62. The first kappa shape index (κ1) is 10.1. The van der Waals surface area contributed by atoms with Gasteiger partial charge < -0.3 is 0 Å². The summed E-state index contributed by atoms with van der Waals surface area (Å²) < 4.78 is 25.1. The summed E-state index contributed by atoms with van der Waals surface area (Å²) in [6.07, 6.45) is -1.33. The maximum absolute atomic E-state index is 12.5. The van der Waals surface area contributed by atoms with E-state index < -0.39 is 6.43 Å². The van der Waals surface area contributed by atoms with E-state index in [2.05, 4.69) is 20.9 Å². The van der Waals surface area contributed by atoms with E-state index >= 15 is 0 Å². The second kappa shape index (κ2) is 3.79. The normalized spacial score (nSPS) is 10.2. The molecule has 0 saturated heterocycles. The second-order valence-corrected chi connectivity index (χ2v) is 3.18. The Bertz CT molecular complexity index is 371. The van der Waals surface area contributed by atoms with Crippen LogP contribution in [-0.4, -0.2) is 4.98 Å². The highest BCUT2D eigenvalue weighted by Gasteiger charge is 2.18. The maximum Gasteiger partial charge on any atom is 0.265 e. The summed E-state index contributed by atoms with van der Waals surface area (Å²) >= 11 is 2.94. The number of hydrogen-bond acceptors (Lipinski definition) is 2. The van der Waals surface area contributed by atoms with Crippen molar-refractivity contribution in [2.45, 2.75) is 13.3 Å². The minimum atomic E-state index is -2.64. The first-order chi connectivity index (χ1) is 6.07. The van der Waals surface area contributed by atoms with Crippen molar-refractivity contribution in [3.05, 3.63) is 27.5 Å². The van der Waals surface area contributed by atoms with Crippen LogP contribution in [0, 0.1) is 18.3 Å². The number of pyridine rings is 1. The van der Waals surface area contributed by atoms with Crippen molar-refractivity contribution in [1.82, 2.24) is 4.98 Å². The average Bonchev–Trinajstić information content (AvgIpc) is 2.07. The van der Waals surface area contributed by atoms with Crippen molar-refractivity contribution in [2.75, 3.05) is 0 Å². The van der Waals surface area contributed by atoms with Crippen LogP contribution in [0.5, 0.6) is 0 Å². The number of rotatable bonds is 1. The predicted molar refractivity (Wildman–Crippen MR) is 46.3 cm³/mol. The number of alkyl halides is 2. The standard InChI is InChI=1S/C8H5BrF2N2/c1-4-3-13-7(9)5(2-12)6(4)8(10)11/h3,8H,1H3. The molecule has 0 aliphatic heterocycles. The lowest BCUT2D eigenvalue weighted by Gasteiger charge is -2.06. The molecule has 5 heteroatoms. The number of hydrogen-bond donors (Lipinski definition) is 0. The topological polar surface area (TPSA) is 36.7 Å². The maximum atomic E-state index is 12.5. The Kier molecular flexibility index (Phi) is 2.94. The van der Waals surface area contributed by atoms with Crippen molar-refractivity contribution in [3.8, 4) is 6.07 Å². The van der Waals surface area contributed by atoms with Crippen molar-refractivity contribution in [2.24, 2.45) is 0 Å². The Morgan fingerprint density at radius 1 is 1.62 bits per heavy atom. The van der Waals surface area contributed by atoms with E-state index in [4.69, 9.17) is 5.26 Å². The van der Waals surface area contributed by atoms with Gasteiger partial charge in [-0.05, 0) is 28.4 Å². The molecule has 0 spiro atoms. The summed E-state index contributed by atoms with van der Waals surface area (Å²) in [5.41, 5.74) is -0.00544. The van der Waals surface area contributed by atoms with E-state index in [-0.39, 0.29) is 15.7 Å². The SMILES string of the molecule is Cc1cnc(Br)c(C#N)c1C(F)F. The molecule has 0 fully saturated rings. The summed E-state index contributed by atoms with van der Waals surface area (Å²) in [7, 11) is 0. The average molecular weight is 247 g/mol. The molecule has 1 heterocycles. The summed E-state index contributed by atoms with van der Waals surface area (Å²) in [6, 6.07) is 1.70. The first-order valence-electron chi connectivity index (χ1n) is 3.41. The third kappa shape index (κ3) is 1.83. The van der Waals surface area contributed by atoms with Crippen LogP contribution in [0.3, 0.4) is 0 Å². The Hall–Kier alpha value is -1.02. The molecular formula is C8H5BrF2N2. The Morgan fingerprint density at radius 2 is 2.23 bits per heavy atom. The molecule has 1 aromatic rings. The Morgan fingerprint density at radius 3 is 2.62 bits per heavy atom. The van der Waals surface area contributed by atoms with Gasteiger partial charge in [-0.2, -0.15) is 5.26 Å². The molecule has 68 valence electrons. The van der Waals surface area contributed by atoms with Crippen LogP contribution in [0.1, 0.15) is 23.1 Å². The molecule has 0 atom stereocenters. The lowest BCUT2D eigenvalue weighted by molar-refractivity contribution is 0.150. The van der Waals surface area contributed by atoms with E-state index in [1.165, 1.54) is 13.1 Å². The predicted octanol–water partition coefficient (Wildman–Crippen LogP) is 2.96. The van der Waals surface area contributed by atoms with Crippen LogP contribution in [0.15, 0.2) is 10.8 Å². The van der Waals surface area contributed by atoms with Crippen LogP contribution in [-0.2, 0) is 0 Å². The van der Waals surface area contributed by atoms with Crippen molar-refractivity contribution in [1.29, 1.82) is 5.26 Å². The lowest BCUT2D eigenvalue weighted by atomic mass is 10.1. The van der Waals surface area contributed by atoms with Gasteiger partial charge in [0.1, 0.15) is 10.7 Å².